The first-order chi connectivity index (χ1) is 13.1. The molecule has 136 valence electrons. The number of terminal acetylenes is 1. The molecule has 0 radical (unpaired) electrons. The number of rotatable bonds is 7. The molecule has 2 aromatic rings. The second-order valence-electron chi connectivity index (χ2n) is 5.38. The van der Waals surface area contributed by atoms with Crippen molar-refractivity contribution in [2.75, 3.05) is 13.7 Å². The smallest absolute Gasteiger partial charge is 0.262 e. The first-order valence-corrected chi connectivity index (χ1v) is 9.04. The van der Waals surface area contributed by atoms with Crippen LogP contribution in [0.1, 0.15) is 11.1 Å². The molecule has 0 aliphatic carbocycles. The number of ether oxygens (including phenoxy) is 2. The van der Waals surface area contributed by atoms with Gasteiger partial charge in [0.15, 0.2) is 0 Å². The molecule has 2 aromatic carbocycles. The van der Waals surface area contributed by atoms with Crippen molar-refractivity contribution in [1.29, 1.82) is 5.26 Å². The Morgan fingerprint density at radius 2 is 2.04 bits per heavy atom. The molecule has 6 heteroatoms. The van der Waals surface area contributed by atoms with Gasteiger partial charge >= 0.3 is 0 Å². The highest BCUT2D eigenvalue weighted by atomic mass is 127. The van der Waals surface area contributed by atoms with Crippen molar-refractivity contribution < 1.29 is 14.3 Å². The van der Waals surface area contributed by atoms with Crippen LogP contribution in [0.4, 0.5) is 0 Å². The number of nitrogens with zero attached hydrogens (tertiary/aromatic N) is 1. The number of carbonyl (C=O) groups excluding carboxylic acids is 1. The van der Waals surface area contributed by atoms with Gasteiger partial charge in [0, 0.05) is 6.54 Å². The van der Waals surface area contributed by atoms with E-state index in [1.807, 2.05) is 36.4 Å². The van der Waals surface area contributed by atoms with Crippen molar-refractivity contribution in [1.82, 2.24) is 5.32 Å². The maximum atomic E-state index is 12.3. The van der Waals surface area contributed by atoms with E-state index < -0.39 is 5.91 Å². The zero-order valence-electron chi connectivity index (χ0n) is 14.7. The van der Waals surface area contributed by atoms with Crippen molar-refractivity contribution in [2.45, 2.75) is 6.54 Å². The fraction of sp³-hybridized carbons (Fsp3) is 0.143. The van der Waals surface area contributed by atoms with E-state index in [1.165, 1.54) is 6.08 Å². The molecule has 0 bridgehead atoms. The van der Waals surface area contributed by atoms with Crippen LogP contribution in [0, 0.1) is 27.2 Å². The molecule has 0 aliphatic heterocycles. The highest BCUT2D eigenvalue weighted by Crippen LogP contribution is 2.23. The highest BCUT2D eigenvalue weighted by molar-refractivity contribution is 14.1. The van der Waals surface area contributed by atoms with Crippen molar-refractivity contribution in [3.8, 4) is 29.9 Å². The summed E-state index contributed by atoms with van der Waals surface area (Å²) in [6.07, 6.45) is 6.72. The fourth-order valence-corrected chi connectivity index (χ4v) is 2.87. The monoisotopic (exact) mass is 472 g/mol. The first kappa shape index (κ1) is 20.3. The molecule has 0 unspecified atom stereocenters. The zero-order valence-corrected chi connectivity index (χ0v) is 16.8. The van der Waals surface area contributed by atoms with Gasteiger partial charge in [0.1, 0.15) is 29.7 Å². The Kier molecular flexibility index (Phi) is 7.72. The van der Waals surface area contributed by atoms with Crippen LogP contribution in [-0.2, 0) is 11.3 Å². The summed E-state index contributed by atoms with van der Waals surface area (Å²) in [7, 11) is 1.59. The number of carbonyl (C=O) groups is 1. The van der Waals surface area contributed by atoms with E-state index in [0.717, 1.165) is 20.4 Å². The number of benzene rings is 2. The van der Waals surface area contributed by atoms with E-state index in [-0.39, 0.29) is 12.2 Å². The predicted octanol–water partition coefficient (Wildman–Crippen LogP) is 3.54. The number of hydrogen-bond donors (Lipinski definition) is 1. The van der Waals surface area contributed by atoms with Crippen LogP contribution in [0.3, 0.4) is 0 Å². The number of methoxy groups -OCH3 is 1. The van der Waals surface area contributed by atoms with Gasteiger partial charge in [-0.15, -0.1) is 6.42 Å². The second-order valence-corrected chi connectivity index (χ2v) is 6.55. The molecular formula is C21H17IN2O3. The summed E-state index contributed by atoms with van der Waals surface area (Å²) in [5.74, 6) is 3.38. The van der Waals surface area contributed by atoms with Crippen LogP contribution in [0.5, 0.6) is 11.5 Å². The van der Waals surface area contributed by atoms with E-state index in [1.54, 1.807) is 19.2 Å². The summed E-state index contributed by atoms with van der Waals surface area (Å²) in [4.78, 5) is 12.3. The van der Waals surface area contributed by atoms with Gasteiger partial charge in [-0.1, -0.05) is 24.1 Å². The quantitative estimate of drug-likeness (QED) is 0.290. The second kappa shape index (κ2) is 10.2. The Bertz CT molecular complexity index is 922. The van der Waals surface area contributed by atoms with Crippen LogP contribution in [0.15, 0.2) is 48.0 Å². The molecule has 0 saturated heterocycles. The topological polar surface area (TPSA) is 71.3 Å². The fourth-order valence-electron chi connectivity index (χ4n) is 2.18. The number of halogens is 1. The lowest BCUT2D eigenvalue weighted by Gasteiger charge is -2.07. The molecule has 0 aliphatic rings. The summed E-state index contributed by atoms with van der Waals surface area (Å²) in [5, 5.41) is 12.1. The molecule has 0 saturated carbocycles. The SMILES string of the molecule is C#CCOc1ccc(/C=C(/C#N)C(=O)NCc2ccc(OC)cc2)cc1I. The normalized spacial score (nSPS) is 10.4. The van der Waals surface area contributed by atoms with Crippen molar-refractivity contribution in [3.05, 3.63) is 62.7 Å². The van der Waals surface area contributed by atoms with E-state index in [0.29, 0.717) is 12.3 Å². The lowest BCUT2D eigenvalue weighted by molar-refractivity contribution is -0.117. The standard InChI is InChI=1S/C21H17IN2O3/c1-3-10-27-20-9-6-16(12-19(20)22)11-17(13-23)21(25)24-14-15-4-7-18(26-2)8-5-15/h1,4-9,11-12H,10,14H2,2H3,(H,24,25)/b17-11-. The van der Waals surface area contributed by atoms with Gasteiger partial charge < -0.3 is 14.8 Å². The predicted molar refractivity (Wildman–Crippen MR) is 112 cm³/mol. The van der Waals surface area contributed by atoms with E-state index in [9.17, 15) is 10.1 Å². The summed E-state index contributed by atoms with van der Waals surface area (Å²) in [6, 6.07) is 14.6. The maximum absolute atomic E-state index is 12.3. The Balaban J connectivity index is 2.06. The van der Waals surface area contributed by atoms with Crippen molar-refractivity contribution in [2.24, 2.45) is 0 Å². The summed E-state index contributed by atoms with van der Waals surface area (Å²) >= 11 is 2.12. The highest BCUT2D eigenvalue weighted by Gasteiger charge is 2.10. The number of nitriles is 1. The van der Waals surface area contributed by atoms with Crippen LogP contribution in [-0.4, -0.2) is 19.6 Å². The van der Waals surface area contributed by atoms with E-state index in [2.05, 4.69) is 33.8 Å². The van der Waals surface area contributed by atoms with Gasteiger partial charge in [0.25, 0.3) is 5.91 Å². The molecule has 2 rings (SSSR count). The Hall–Kier alpha value is -2.97. The Labute approximate surface area is 172 Å². The first-order valence-electron chi connectivity index (χ1n) is 7.96. The van der Waals surface area contributed by atoms with Gasteiger partial charge in [-0.05, 0) is 64.1 Å². The average molecular weight is 472 g/mol. The van der Waals surface area contributed by atoms with Crippen LogP contribution in [0.25, 0.3) is 6.08 Å². The lowest BCUT2D eigenvalue weighted by atomic mass is 10.1. The molecule has 27 heavy (non-hydrogen) atoms. The molecule has 0 heterocycles. The Morgan fingerprint density at radius 3 is 2.63 bits per heavy atom. The maximum Gasteiger partial charge on any atom is 0.262 e. The molecule has 1 amide bonds. The van der Waals surface area contributed by atoms with Crippen molar-refractivity contribution in [3.63, 3.8) is 0 Å². The zero-order chi connectivity index (χ0) is 19.6. The molecule has 0 aromatic heterocycles. The third-order valence-corrected chi connectivity index (χ3v) is 4.40. The number of amides is 1. The molecule has 0 atom stereocenters. The van der Waals surface area contributed by atoms with Gasteiger partial charge in [0.2, 0.25) is 0 Å². The molecular weight excluding hydrogens is 455 g/mol. The third-order valence-electron chi connectivity index (χ3n) is 3.56. The Morgan fingerprint density at radius 1 is 1.30 bits per heavy atom. The third kappa shape index (κ3) is 6.05. The largest absolute Gasteiger partial charge is 0.497 e. The minimum Gasteiger partial charge on any atom is -0.497 e. The van der Waals surface area contributed by atoms with Gasteiger partial charge in [-0.25, -0.2) is 0 Å². The van der Waals surface area contributed by atoms with Gasteiger partial charge in [-0.2, -0.15) is 5.26 Å². The lowest BCUT2D eigenvalue weighted by Crippen LogP contribution is -2.23. The van der Waals surface area contributed by atoms with Crippen LogP contribution < -0.4 is 14.8 Å². The van der Waals surface area contributed by atoms with Crippen LogP contribution in [0.2, 0.25) is 0 Å². The minimum atomic E-state index is -0.434. The molecule has 5 nitrogen and oxygen atoms in total. The van der Waals surface area contributed by atoms with Gasteiger partial charge in [-0.3, -0.25) is 4.79 Å². The summed E-state index contributed by atoms with van der Waals surface area (Å²) in [5.41, 5.74) is 1.66. The minimum absolute atomic E-state index is 0.0246. The number of hydrogen-bond acceptors (Lipinski definition) is 4. The van der Waals surface area contributed by atoms with Crippen molar-refractivity contribution >= 4 is 34.6 Å². The number of nitrogens with one attached hydrogen (secondary N) is 1. The average Bonchev–Trinajstić information content (AvgIpc) is 2.70. The van der Waals surface area contributed by atoms with E-state index >= 15 is 0 Å². The molecule has 1 N–H and O–H groups in total. The molecule has 0 fully saturated rings. The van der Waals surface area contributed by atoms with E-state index in [4.69, 9.17) is 15.9 Å². The summed E-state index contributed by atoms with van der Waals surface area (Å²) < 4.78 is 11.3. The molecule has 0 spiro atoms. The summed E-state index contributed by atoms with van der Waals surface area (Å²) in [6.45, 7) is 0.501. The van der Waals surface area contributed by atoms with Gasteiger partial charge in [0.05, 0.1) is 10.7 Å². The van der Waals surface area contributed by atoms with Crippen LogP contribution >= 0.6 is 22.6 Å².